The SMILES string of the molecule is OB(O)c1ccc(-c2cc3ccccc3o2)cc1. The van der Waals surface area contributed by atoms with E-state index in [1.165, 1.54) is 0 Å². The van der Waals surface area contributed by atoms with Gasteiger partial charge in [-0.15, -0.1) is 0 Å². The molecule has 3 aromatic rings. The summed E-state index contributed by atoms with van der Waals surface area (Å²) in [6.45, 7) is 0. The molecule has 0 aliphatic carbocycles. The number of benzene rings is 2. The van der Waals surface area contributed by atoms with Crippen molar-refractivity contribution in [3.05, 3.63) is 54.6 Å². The molecule has 0 radical (unpaired) electrons. The van der Waals surface area contributed by atoms with Gasteiger partial charge in [-0.3, -0.25) is 0 Å². The third-order valence-corrected chi connectivity index (χ3v) is 2.92. The molecular weight excluding hydrogens is 227 g/mol. The minimum Gasteiger partial charge on any atom is -0.456 e. The molecule has 2 N–H and O–H groups in total. The van der Waals surface area contributed by atoms with E-state index in [1.807, 2.05) is 42.5 Å². The van der Waals surface area contributed by atoms with E-state index in [9.17, 15) is 0 Å². The third kappa shape index (κ3) is 1.92. The van der Waals surface area contributed by atoms with Crippen LogP contribution in [0.15, 0.2) is 59.0 Å². The summed E-state index contributed by atoms with van der Waals surface area (Å²) in [7, 11) is -1.44. The highest BCUT2D eigenvalue weighted by Gasteiger charge is 2.11. The molecule has 0 saturated heterocycles. The molecule has 0 atom stereocenters. The van der Waals surface area contributed by atoms with Gasteiger partial charge in [0.05, 0.1) is 0 Å². The lowest BCUT2D eigenvalue weighted by Crippen LogP contribution is -2.29. The Kier molecular flexibility index (Phi) is 2.66. The van der Waals surface area contributed by atoms with E-state index in [1.54, 1.807) is 12.1 Å². The van der Waals surface area contributed by atoms with E-state index >= 15 is 0 Å². The molecule has 1 aromatic heterocycles. The molecular formula is C14H11BO3. The highest BCUT2D eigenvalue weighted by atomic mass is 16.4. The fourth-order valence-electron chi connectivity index (χ4n) is 1.94. The van der Waals surface area contributed by atoms with Gasteiger partial charge in [-0.05, 0) is 17.6 Å². The normalized spacial score (nSPS) is 10.8. The van der Waals surface area contributed by atoms with Crippen molar-refractivity contribution >= 4 is 23.6 Å². The van der Waals surface area contributed by atoms with Crippen molar-refractivity contribution in [3.8, 4) is 11.3 Å². The van der Waals surface area contributed by atoms with Crippen LogP contribution in [0.2, 0.25) is 0 Å². The van der Waals surface area contributed by atoms with Crippen LogP contribution in [0.25, 0.3) is 22.3 Å². The molecule has 0 aliphatic rings. The summed E-state index contributed by atoms with van der Waals surface area (Å²) in [5, 5.41) is 19.1. The molecule has 0 bridgehead atoms. The van der Waals surface area contributed by atoms with E-state index in [-0.39, 0.29) is 0 Å². The minimum atomic E-state index is -1.44. The maximum Gasteiger partial charge on any atom is 0.488 e. The Balaban J connectivity index is 2.03. The van der Waals surface area contributed by atoms with Gasteiger partial charge in [0.2, 0.25) is 0 Å². The first kappa shape index (κ1) is 11.1. The lowest BCUT2D eigenvalue weighted by atomic mass is 9.80. The van der Waals surface area contributed by atoms with Crippen LogP contribution < -0.4 is 5.46 Å². The van der Waals surface area contributed by atoms with Crippen molar-refractivity contribution in [3.63, 3.8) is 0 Å². The number of para-hydroxylation sites is 1. The lowest BCUT2D eigenvalue weighted by Gasteiger charge is -2.00. The molecule has 3 rings (SSSR count). The van der Waals surface area contributed by atoms with E-state index in [0.717, 1.165) is 22.3 Å². The van der Waals surface area contributed by atoms with Gasteiger partial charge in [0, 0.05) is 10.9 Å². The smallest absolute Gasteiger partial charge is 0.456 e. The highest BCUT2D eigenvalue weighted by molar-refractivity contribution is 6.58. The zero-order valence-corrected chi connectivity index (χ0v) is 9.58. The van der Waals surface area contributed by atoms with Crippen molar-refractivity contribution in [2.45, 2.75) is 0 Å². The Morgan fingerprint density at radius 2 is 1.61 bits per heavy atom. The molecule has 0 unspecified atom stereocenters. The standard InChI is InChI=1S/C14H11BO3/c16-15(17)12-7-5-10(6-8-12)14-9-11-3-1-2-4-13(11)18-14/h1-9,16-17H. The molecule has 0 spiro atoms. The molecule has 0 saturated carbocycles. The van der Waals surface area contributed by atoms with E-state index in [0.29, 0.717) is 5.46 Å². The van der Waals surface area contributed by atoms with Gasteiger partial charge in [0.25, 0.3) is 0 Å². The second kappa shape index (κ2) is 4.33. The largest absolute Gasteiger partial charge is 0.488 e. The number of fused-ring (bicyclic) bond motifs is 1. The van der Waals surface area contributed by atoms with E-state index in [2.05, 4.69) is 0 Å². The summed E-state index contributed by atoms with van der Waals surface area (Å²) in [6.07, 6.45) is 0. The van der Waals surface area contributed by atoms with Crippen LogP contribution >= 0.6 is 0 Å². The lowest BCUT2D eigenvalue weighted by molar-refractivity contribution is 0.426. The van der Waals surface area contributed by atoms with Crippen molar-refractivity contribution < 1.29 is 14.5 Å². The summed E-state index contributed by atoms with van der Waals surface area (Å²) in [5.41, 5.74) is 2.23. The van der Waals surface area contributed by atoms with Gasteiger partial charge in [-0.1, -0.05) is 42.5 Å². The number of rotatable bonds is 2. The molecule has 1 heterocycles. The van der Waals surface area contributed by atoms with Crippen LogP contribution in [-0.4, -0.2) is 17.2 Å². The topological polar surface area (TPSA) is 53.6 Å². The highest BCUT2D eigenvalue weighted by Crippen LogP contribution is 2.26. The molecule has 0 fully saturated rings. The zero-order chi connectivity index (χ0) is 12.5. The Bertz CT molecular complexity index is 638. The van der Waals surface area contributed by atoms with Crippen LogP contribution in [0.3, 0.4) is 0 Å². The van der Waals surface area contributed by atoms with Crippen LogP contribution in [0.4, 0.5) is 0 Å². The summed E-state index contributed by atoms with van der Waals surface area (Å²) >= 11 is 0. The number of hydrogen-bond acceptors (Lipinski definition) is 3. The molecule has 3 nitrogen and oxygen atoms in total. The van der Waals surface area contributed by atoms with Gasteiger partial charge in [0.15, 0.2) is 0 Å². The monoisotopic (exact) mass is 238 g/mol. The van der Waals surface area contributed by atoms with Crippen LogP contribution in [0.1, 0.15) is 0 Å². The van der Waals surface area contributed by atoms with Crippen molar-refractivity contribution in [2.75, 3.05) is 0 Å². The summed E-state index contributed by atoms with van der Waals surface area (Å²) < 4.78 is 5.73. The van der Waals surface area contributed by atoms with Crippen LogP contribution in [-0.2, 0) is 0 Å². The molecule has 2 aromatic carbocycles. The molecule has 0 aliphatic heterocycles. The Labute approximate surface area is 104 Å². The Morgan fingerprint density at radius 1 is 0.889 bits per heavy atom. The maximum atomic E-state index is 9.03. The summed E-state index contributed by atoms with van der Waals surface area (Å²) in [4.78, 5) is 0. The first-order valence-corrected chi connectivity index (χ1v) is 5.69. The quantitative estimate of drug-likeness (QED) is 0.669. The Hall–Kier alpha value is -2.04. The Morgan fingerprint density at radius 3 is 2.28 bits per heavy atom. The van der Waals surface area contributed by atoms with Crippen molar-refractivity contribution in [1.29, 1.82) is 0 Å². The van der Waals surface area contributed by atoms with Gasteiger partial charge in [-0.25, -0.2) is 0 Å². The first-order valence-electron chi connectivity index (χ1n) is 5.69. The molecule has 4 heteroatoms. The minimum absolute atomic E-state index is 0.467. The van der Waals surface area contributed by atoms with E-state index in [4.69, 9.17) is 14.5 Å². The van der Waals surface area contributed by atoms with Gasteiger partial charge >= 0.3 is 7.12 Å². The average molecular weight is 238 g/mol. The van der Waals surface area contributed by atoms with Crippen LogP contribution in [0.5, 0.6) is 0 Å². The van der Waals surface area contributed by atoms with Gasteiger partial charge in [-0.2, -0.15) is 0 Å². The molecule has 0 amide bonds. The predicted molar refractivity (Wildman–Crippen MR) is 71.5 cm³/mol. The van der Waals surface area contributed by atoms with Crippen molar-refractivity contribution in [2.24, 2.45) is 0 Å². The van der Waals surface area contributed by atoms with Crippen LogP contribution in [0, 0.1) is 0 Å². The predicted octanol–water partition coefficient (Wildman–Crippen LogP) is 1.78. The fourth-order valence-corrected chi connectivity index (χ4v) is 1.94. The second-order valence-electron chi connectivity index (χ2n) is 4.14. The first-order chi connectivity index (χ1) is 8.74. The third-order valence-electron chi connectivity index (χ3n) is 2.92. The zero-order valence-electron chi connectivity index (χ0n) is 9.58. The second-order valence-corrected chi connectivity index (χ2v) is 4.14. The summed E-state index contributed by atoms with van der Waals surface area (Å²) in [5.74, 6) is 0.773. The van der Waals surface area contributed by atoms with Crippen molar-refractivity contribution in [1.82, 2.24) is 0 Å². The van der Waals surface area contributed by atoms with Gasteiger partial charge in [0.1, 0.15) is 11.3 Å². The van der Waals surface area contributed by atoms with E-state index < -0.39 is 7.12 Å². The van der Waals surface area contributed by atoms with Gasteiger partial charge < -0.3 is 14.5 Å². The fraction of sp³-hybridized carbons (Fsp3) is 0. The summed E-state index contributed by atoms with van der Waals surface area (Å²) in [6, 6.07) is 16.8. The number of hydrogen-bond donors (Lipinski definition) is 2. The number of furan rings is 1. The average Bonchev–Trinajstić information content (AvgIpc) is 2.82. The molecule has 88 valence electrons. The maximum absolute atomic E-state index is 9.03. The molecule has 18 heavy (non-hydrogen) atoms.